The summed E-state index contributed by atoms with van der Waals surface area (Å²) in [5, 5.41) is 8.55. The molecule has 0 amide bonds. The molecule has 0 saturated carbocycles. The van der Waals surface area contributed by atoms with Gasteiger partial charge in [0.2, 0.25) is 0 Å². The average Bonchev–Trinajstić information content (AvgIpc) is 2.19. The Labute approximate surface area is 96.2 Å². The van der Waals surface area contributed by atoms with Crippen LogP contribution in [0, 0.1) is 6.92 Å². The van der Waals surface area contributed by atoms with E-state index in [-0.39, 0.29) is 6.61 Å². The van der Waals surface area contributed by atoms with Crippen LogP contribution >= 0.6 is 15.9 Å². The zero-order valence-electron chi connectivity index (χ0n) is 8.24. The Morgan fingerprint density at radius 3 is 2.87 bits per heavy atom. The molecule has 1 atom stereocenters. The van der Waals surface area contributed by atoms with Crippen LogP contribution in [-0.2, 0) is 4.79 Å². The molecule has 0 aliphatic heterocycles. The molecule has 0 heterocycles. The summed E-state index contributed by atoms with van der Waals surface area (Å²) in [6, 6.07) is 4.43. The third-order valence-corrected chi connectivity index (χ3v) is 2.77. The van der Waals surface area contributed by atoms with Gasteiger partial charge in [-0.1, -0.05) is 15.9 Å². The van der Waals surface area contributed by atoms with Crippen LogP contribution in [0.15, 0.2) is 22.7 Å². The second-order valence-corrected chi connectivity index (χ2v) is 4.02. The van der Waals surface area contributed by atoms with Gasteiger partial charge < -0.3 is 15.6 Å². The van der Waals surface area contributed by atoms with Crippen LogP contribution in [0.25, 0.3) is 0 Å². The fraction of sp³-hybridized carbons (Fsp3) is 0.300. The Kier molecular flexibility index (Phi) is 4.11. The van der Waals surface area contributed by atoms with Crippen LogP contribution in [0.3, 0.4) is 0 Å². The van der Waals surface area contributed by atoms with Crippen molar-refractivity contribution < 1.29 is 14.6 Å². The van der Waals surface area contributed by atoms with Gasteiger partial charge in [0, 0.05) is 4.47 Å². The van der Waals surface area contributed by atoms with Gasteiger partial charge in [0.25, 0.3) is 0 Å². The van der Waals surface area contributed by atoms with Crippen molar-refractivity contribution in [3.63, 3.8) is 0 Å². The molecule has 0 aliphatic rings. The summed E-state index contributed by atoms with van der Waals surface area (Å²) in [7, 11) is 0. The van der Waals surface area contributed by atoms with Crippen molar-refractivity contribution in [1.29, 1.82) is 0 Å². The Balaban J connectivity index is 2.58. The lowest BCUT2D eigenvalue weighted by Gasteiger charge is -2.10. The number of ether oxygens (including phenoxy) is 1. The zero-order chi connectivity index (χ0) is 11.4. The molecule has 82 valence electrons. The summed E-state index contributed by atoms with van der Waals surface area (Å²) in [6.07, 6.45) is 0. The molecule has 0 bridgehead atoms. The third kappa shape index (κ3) is 3.53. The molecule has 0 aliphatic carbocycles. The fourth-order valence-electron chi connectivity index (χ4n) is 0.964. The molecule has 15 heavy (non-hydrogen) atoms. The van der Waals surface area contributed by atoms with Crippen molar-refractivity contribution in [3.8, 4) is 5.75 Å². The molecule has 5 heteroatoms. The van der Waals surface area contributed by atoms with Gasteiger partial charge in [-0.25, -0.2) is 0 Å². The van der Waals surface area contributed by atoms with Crippen LogP contribution in [0.5, 0.6) is 5.75 Å². The first-order valence-electron chi connectivity index (χ1n) is 4.38. The number of rotatable bonds is 4. The van der Waals surface area contributed by atoms with Crippen molar-refractivity contribution in [2.24, 2.45) is 5.73 Å². The minimum absolute atomic E-state index is 0.0313. The van der Waals surface area contributed by atoms with Crippen LogP contribution in [0.4, 0.5) is 0 Å². The van der Waals surface area contributed by atoms with E-state index in [2.05, 4.69) is 15.9 Å². The number of hydrogen-bond acceptors (Lipinski definition) is 3. The summed E-state index contributed by atoms with van der Waals surface area (Å²) >= 11 is 3.36. The van der Waals surface area contributed by atoms with Gasteiger partial charge in [-0.2, -0.15) is 0 Å². The number of nitrogens with two attached hydrogens (primary N) is 1. The van der Waals surface area contributed by atoms with Crippen molar-refractivity contribution in [3.05, 3.63) is 28.2 Å². The molecule has 3 N–H and O–H groups in total. The van der Waals surface area contributed by atoms with Crippen molar-refractivity contribution >= 4 is 21.9 Å². The van der Waals surface area contributed by atoms with E-state index in [1.54, 1.807) is 6.07 Å². The summed E-state index contributed by atoms with van der Waals surface area (Å²) in [4.78, 5) is 10.4. The lowest BCUT2D eigenvalue weighted by Crippen LogP contribution is -2.36. The first-order valence-corrected chi connectivity index (χ1v) is 5.17. The number of halogens is 1. The lowest BCUT2D eigenvalue weighted by molar-refractivity contribution is -0.139. The Bertz CT molecular complexity index is 368. The maximum atomic E-state index is 10.4. The molecule has 0 radical (unpaired) electrons. The predicted molar refractivity (Wildman–Crippen MR) is 60.0 cm³/mol. The van der Waals surface area contributed by atoms with Crippen molar-refractivity contribution in [1.82, 2.24) is 0 Å². The van der Waals surface area contributed by atoms with Crippen LogP contribution in [0.1, 0.15) is 5.56 Å². The summed E-state index contributed by atoms with van der Waals surface area (Å²) in [6.45, 7) is 1.89. The predicted octanol–water partition coefficient (Wildman–Crippen LogP) is 1.55. The number of carboxylic acid groups (broad SMARTS) is 1. The van der Waals surface area contributed by atoms with E-state index >= 15 is 0 Å². The second kappa shape index (κ2) is 5.14. The van der Waals surface area contributed by atoms with Crippen LogP contribution in [-0.4, -0.2) is 23.7 Å². The molecule has 0 saturated heterocycles. The molecular weight excluding hydrogens is 262 g/mol. The van der Waals surface area contributed by atoms with Gasteiger partial charge in [-0.3, -0.25) is 4.79 Å². The highest BCUT2D eigenvalue weighted by Gasteiger charge is 2.11. The van der Waals surface area contributed by atoms with E-state index in [1.165, 1.54) is 0 Å². The third-order valence-electron chi connectivity index (χ3n) is 1.88. The van der Waals surface area contributed by atoms with Crippen molar-refractivity contribution in [2.75, 3.05) is 6.61 Å². The summed E-state index contributed by atoms with van der Waals surface area (Å²) < 4.78 is 6.22. The normalized spacial score (nSPS) is 12.2. The molecule has 0 aromatic heterocycles. The fourth-order valence-corrected chi connectivity index (χ4v) is 1.21. The van der Waals surface area contributed by atoms with E-state index in [0.717, 1.165) is 10.0 Å². The highest BCUT2D eigenvalue weighted by molar-refractivity contribution is 9.10. The number of aliphatic carboxylic acids is 1. The molecule has 0 unspecified atom stereocenters. The number of aryl methyl sites for hydroxylation is 1. The van der Waals surface area contributed by atoms with Gasteiger partial charge in [-0.05, 0) is 30.7 Å². The molecule has 1 aromatic carbocycles. The summed E-state index contributed by atoms with van der Waals surface area (Å²) in [5.41, 5.74) is 6.32. The Morgan fingerprint density at radius 2 is 2.33 bits per heavy atom. The van der Waals surface area contributed by atoms with E-state index in [1.807, 2.05) is 19.1 Å². The largest absolute Gasteiger partial charge is 0.491 e. The molecule has 4 nitrogen and oxygen atoms in total. The number of carbonyl (C=O) groups is 1. The van der Waals surface area contributed by atoms with Gasteiger partial charge in [0.1, 0.15) is 18.4 Å². The van der Waals surface area contributed by atoms with E-state index in [9.17, 15) is 4.79 Å². The van der Waals surface area contributed by atoms with E-state index in [0.29, 0.717) is 5.75 Å². The van der Waals surface area contributed by atoms with Crippen LogP contribution < -0.4 is 10.5 Å². The number of benzene rings is 1. The minimum atomic E-state index is -1.07. The van der Waals surface area contributed by atoms with Gasteiger partial charge in [-0.15, -0.1) is 0 Å². The van der Waals surface area contributed by atoms with Crippen LogP contribution in [0.2, 0.25) is 0 Å². The number of carboxylic acids is 1. The standard InChI is InChI=1S/C10H12BrNO3/c1-6-4-7(2-3-8(6)11)15-5-9(12)10(13)14/h2-4,9H,5,12H2,1H3,(H,13,14)/t9-/m0/s1. The molecule has 0 fully saturated rings. The highest BCUT2D eigenvalue weighted by atomic mass is 79.9. The van der Waals surface area contributed by atoms with E-state index < -0.39 is 12.0 Å². The maximum Gasteiger partial charge on any atom is 0.324 e. The Hall–Kier alpha value is -1.07. The highest BCUT2D eigenvalue weighted by Crippen LogP contribution is 2.21. The second-order valence-electron chi connectivity index (χ2n) is 3.17. The van der Waals surface area contributed by atoms with Gasteiger partial charge in [0.05, 0.1) is 0 Å². The molecular formula is C10H12BrNO3. The first-order chi connectivity index (χ1) is 7.00. The smallest absolute Gasteiger partial charge is 0.324 e. The lowest BCUT2D eigenvalue weighted by atomic mass is 10.2. The van der Waals surface area contributed by atoms with Gasteiger partial charge in [0.15, 0.2) is 0 Å². The minimum Gasteiger partial charge on any atom is -0.491 e. The first kappa shape index (κ1) is 12.0. The quantitative estimate of drug-likeness (QED) is 0.873. The van der Waals surface area contributed by atoms with Crippen molar-refractivity contribution in [2.45, 2.75) is 13.0 Å². The monoisotopic (exact) mass is 273 g/mol. The zero-order valence-corrected chi connectivity index (χ0v) is 9.82. The van der Waals surface area contributed by atoms with E-state index in [4.69, 9.17) is 15.6 Å². The molecule has 1 aromatic rings. The summed E-state index contributed by atoms with van der Waals surface area (Å²) in [5.74, 6) is -0.448. The number of hydrogen-bond donors (Lipinski definition) is 2. The maximum absolute atomic E-state index is 10.4. The molecule has 0 spiro atoms. The Morgan fingerprint density at radius 1 is 1.67 bits per heavy atom. The average molecular weight is 274 g/mol. The topological polar surface area (TPSA) is 72.5 Å². The SMILES string of the molecule is Cc1cc(OC[C@H](N)C(=O)O)ccc1Br. The molecule has 1 rings (SSSR count). The van der Waals surface area contributed by atoms with Gasteiger partial charge >= 0.3 is 5.97 Å².